The summed E-state index contributed by atoms with van der Waals surface area (Å²) in [6.45, 7) is 9.69. The molecule has 0 fully saturated rings. The van der Waals surface area contributed by atoms with E-state index in [4.69, 9.17) is 11.5 Å². The number of aromatic nitrogens is 1. The third-order valence-electron chi connectivity index (χ3n) is 8.12. The Morgan fingerprint density at radius 3 is 2.15 bits per heavy atom. The molecular weight excluding hydrogens is 647 g/mol. The predicted octanol–water partition coefficient (Wildman–Crippen LogP) is 5.11. The number of amides is 3. The standard InChI is InChI=1S/C34H50F3N5O5S/c1-6-24(43)14-23(17-30-40-25-11-10-21(20(4)5)16-29(25)48-30)33(47)42-27(18-34(35,36)37)28(44)15-22(9-7-8-12-38)32(46)41-26(31(39)45)13-19(2)3/h10-11,16,19-20,22-23,26-27H,6-9,12-15,17-18,38H2,1-5H3,(H2,39,45)(H,41,46)(H,42,47)/t22-,23+,26+,27+/m1/s1. The summed E-state index contributed by atoms with van der Waals surface area (Å²) in [7, 11) is 0. The van der Waals surface area contributed by atoms with Gasteiger partial charge in [-0.1, -0.05) is 47.1 Å². The van der Waals surface area contributed by atoms with Gasteiger partial charge >= 0.3 is 6.18 Å². The first kappa shape index (κ1) is 40.8. The summed E-state index contributed by atoms with van der Waals surface area (Å²) >= 11 is 1.34. The van der Waals surface area contributed by atoms with Crippen molar-refractivity contribution in [2.75, 3.05) is 6.54 Å². The molecule has 1 heterocycles. The lowest BCUT2D eigenvalue weighted by molar-refractivity contribution is -0.152. The molecule has 0 aliphatic heterocycles. The number of nitrogens with zero attached hydrogens (tertiary/aromatic N) is 1. The van der Waals surface area contributed by atoms with Crippen LogP contribution in [-0.2, 0) is 30.4 Å². The second-order valence-electron chi connectivity index (χ2n) is 13.1. The molecule has 1 aromatic heterocycles. The van der Waals surface area contributed by atoms with Gasteiger partial charge in [-0.3, -0.25) is 24.0 Å². The third-order valence-corrected chi connectivity index (χ3v) is 9.16. The van der Waals surface area contributed by atoms with Gasteiger partial charge in [0.2, 0.25) is 17.7 Å². The fraction of sp³-hybridized carbons (Fsp3) is 0.647. The van der Waals surface area contributed by atoms with E-state index in [1.54, 1.807) is 6.92 Å². The summed E-state index contributed by atoms with van der Waals surface area (Å²) in [5.41, 5.74) is 12.8. The molecule has 0 unspecified atom stereocenters. The van der Waals surface area contributed by atoms with Crippen LogP contribution in [-0.4, -0.2) is 59.1 Å². The van der Waals surface area contributed by atoms with Gasteiger partial charge in [0.25, 0.3) is 0 Å². The number of halogens is 3. The predicted molar refractivity (Wildman–Crippen MR) is 180 cm³/mol. The van der Waals surface area contributed by atoms with Gasteiger partial charge < -0.3 is 22.1 Å². The second kappa shape index (κ2) is 19.0. The Morgan fingerprint density at radius 1 is 0.938 bits per heavy atom. The average molecular weight is 698 g/mol. The highest BCUT2D eigenvalue weighted by atomic mass is 32.1. The van der Waals surface area contributed by atoms with Crippen LogP contribution in [0.2, 0.25) is 0 Å². The van der Waals surface area contributed by atoms with E-state index in [-0.39, 0.29) is 49.7 Å². The van der Waals surface area contributed by atoms with E-state index in [2.05, 4.69) is 29.5 Å². The highest BCUT2D eigenvalue weighted by Gasteiger charge is 2.39. The normalized spacial score (nSPS) is 14.5. The van der Waals surface area contributed by atoms with Crippen molar-refractivity contribution in [3.8, 4) is 0 Å². The first-order valence-corrected chi connectivity index (χ1v) is 17.4. The van der Waals surface area contributed by atoms with Gasteiger partial charge in [0, 0.05) is 31.6 Å². The van der Waals surface area contributed by atoms with E-state index < -0.39 is 66.4 Å². The maximum absolute atomic E-state index is 13.8. The molecule has 6 N–H and O–H groups in total. The smallest absolute Gasteiger partial charge is 0.368 e. The number of hydrogen-bond donors (Lipinski definition) is 4. The minimum Gasteiger partial charge on any atom is -0.368 e. The number of carbonyl (C=O) groups excluding carboxylic acids is 5. The van der Waals surface area contributed by atoms with Crippen molar-refractivity contribution in [2.24, 2.45) is 29.2 Å². The zero-order valence-corrected chi connectivity index (χ0v) is 29.3. The molecule has 4 atom stereocenters. The summed E-state index contributed by atoms with van der Waals surface area (Å²) in [6, 6.07) is 2.81. The quantitative estimate of drug-likeness (QED) is 0.131. The average Bonchev–Trinajstić information content (AvgIpc) is 3.40. The molecule has 0 aliphatic rings. The highest BCUT2D eigenvalue weighted by Crippen LogP contribution is 2.29. The molecule has 10 nitrogen and oxygen atoms in total. The zero-order valence-electron chi connectivity index (χ0n) is 28.5. The van der Waals surface area contributed by atoms with Gasteiger partial charge in [-0.15, -0.1) is 11.3 Å². The summed E-state index contributed by atoms with van der Waals surface area (Å²) in [4.78, 5) is 69.3. The fourth-order valence-corrected chi connectivity index (χ4v) is 6.44. The number of thiazole rings is 1. The summed E-state index contributed by atoms with van der Waals surface area (Å²) in [6.07, 6.45) is -5.94. The third kappa shape index (κ3) is 13.6. The number of ketones is 2. The van der Waals surface area contributed by atoms with Gasteiger partial charge in [0.15, 0.2) is 5.78 Å². The van der Waals surface area contributed by atoms with Crippen LogP contribution in [0.3, 0.4) is 0 Å². The number of Topliss-reactive ketones (excluding diaryl/α,β-unsaturated/α-hetero) is 2. The zero-order chi connectivity index (χ0) is 36.2. The molecule has 3 amide bonds. The first-order valence-electron chi connectivity index (χ1n) is 16.5. The number of benzene rings is 1. The fourth-order valence-electron chi connectivity index (χ4n) is 5.34. The summed E-state index contributed by atoms with van der Waals surface area (Å²) in [5.74, 6) is -5.47. The monoisotopic (exact) mass is 697 g/mol. The van der Waals surface area contributed by atoms with Crippen LogP contribution in [0.1, 0.15) is 102 Å². The molecule has 1 aromatic carbocycles. The van der Waals surface area contributed by atoms with Crippen molar-refractivity contribution in [3.05, 3.63) is 28.8 Å². The van der Waals surface area contributed by atoms with E-state index in [0.717, 1.165) is 10.3 Å². The van der Waals surface area contributed by atoms with Crippen LogP contribution < -0.4 is 22.1 Å². The van der Waals surface area contributed by atoms with Crippen molar-refractivity contribution >= 4 is 50.8 Å². The molecule has 48 heavy (non-hydrogen) atoms. The van der Waals surface area contributed by atoms with Crippen molar-refractivity contribution in [1.29, 1.82) is 0 Å². The molecule has 0 saturated heterocycles. The molecule has 2 aromatic rings. The minimum atomic E-state index is -4.82. The molecule has 0 aliphatic carbocycles. The number of carbonyl (C=O) groups is 5. The van der Waals surface area contributed by atoms with Gasteiger partial charge in [-0.05, 0) is 55.3 Å². The molecule has 0 radical (unpaired) electrons. The van der Waals surface area contributed by atoms with E-state index in [1.807, 2.05) is 32.0 Å². The highest BCUT2D eigenvalue weighted by molar-refractivity contribution is 7.18. The largest absolute Gasteiger partial charge is 0.391 e. The van der Waals surface area contributed by atoms with Crippen molar-refractivity contribution in [3.63, 3.8) is 0 Å². The molecule has 0 bridgehead atoms. The van der Waals surface area contributed by atoms with E-state index >= 15 is 0 Å². The Kier molecular flexibility index (Phi) is 16.1. The Labute approximate surface area is 284 Å². The second-order valence-corrected chi connectivity index (χ2v) is 14.2. The lowest BCUT2D eigenvalue weighted by atomic mass is 9.90. The van der Waals surface area contributed by atoms with Crippen LogP contribution in [0.5, 0.6) is 0 Å². The van der Waals surface area contributed by atoms with E-state index in [9.17, 15) is 37.1 Å². The Balaban J connectivity index is 2.34. The number of fused-ring (bicyclic) bond motifs is 1. The maximum atomic E-state index is 13.8. The molecule has 268 valence electrons. The number of nitrogens with one attached hydrogen (secondary N) is 2. The number of hydrogen-bond acceptors (Lipinski definition) is 8. The SMILES string of the molecule is CCC(=O)C[C@@H](Cc1nc2ccc(C(C)C)cc2s1)C(=O)N[C@@H](CC(F)(F)F)C(=O)C[C@@H](CCCCN)C(=O)N[C@@H](CC(C)C)C(N)=O. The number of unbranched alkanes of at least 4 members (excludes halogenated alkanes) is 1. The van der Waals surface area contributed by atoms with E-state index in [1.165, 1.54) is 11.3 Å². The molecular formula is C34H50F3N5O5S. The van der Waals surface area contributed by atoms with Gasteiger partial charge in [0.1, 0.15) is 11.8 Å². The maximum Gasteiger partial charge on any atom is 0.391 e. The Morgan fingerprint density at radius 2 is 1.58 bits per heavy atom. The van der Waals surface area contributed by atoms with Gasteiger partial charge in [-0.25, -0.2) is 4.98 Å². The van der Waals surface area contributed by atoms with Crippen LogP contribution in [0.4, 0.5) is 13.2 Å². The van der Waals surface area contributed by atoms with Crippen molar-refractivity contribution < 1.29 is 37.1 Å². The first-order chi connectivity index (χ1) is 22.4. The van der Waals surface area contributed by atoms with Crippen molar-refractivity contribution in [2.45, 2.75) is 117 Å². The lowest BCUT2D eigenvalue weighted by Gasteiger charge is -2.25. The molecule has 14 heteroatoms. The van der Waals surface area contributed by atoms with Crippen LogP contribution in [0, 0.1) is 17.8 Å². The van der Waals surface area contributed by atoms with Gasteiger partial charge in [-0.2, -0.15) is 13.2 Å². The van der Waals surface area contributed by atoms with Crippen molar-refractivity contribution in [1.82, 2.24) is 15.6 Å². The topological polar surface area (TPSA) is 174 Å². The molecule has 2 rings (SSSR count). The number of alkyl halides is 3. The number of primary amides is 1. The Bertz CT molecular complexity index is 1410. The molecule has 0 spiro atoms. The number of rotatable bonds is 21. The summed E-state index contributed by atoms with van der Waals surface area (Å²) < 4.78 is 42.1. The van der Waals surface area contributed by atoms with Crippen LogP contribution >= 0.6 is 11.3 Å². The van der Waals surface area contributed by atoms with Crippen LogP contribution in [0.25, 0.3) is 10.2 Å². The minimum absolute atomic E-state index is 0.000639. The number of nitrogens with two attached hydrogens (primary N) is 2. The van der Waals surface area contributed by atoms with Crippen LogP contribution in [0.15, 0.2) is 18.2 Å². The molecule has 0 saturated carbocycles. The van der Waals surface area contributed by atoms with E-state index in [0.29, 0.717) is 29.9 Å². The summed E-state index contributed by atoms with van der Waals surface area (Å²) in [5, 5.41) is 5.36. The Hall–Kier alpha value is -3.39. The lowest BCUT2D eigenvalue weighted by Crippen LogP contribution is -2.49. The van der Waals surface area contributed by atoms with Gasteiger partial charge in [0.05, 0.1) is 33.6 Å².